The van der Waals surface area contributed by atoms with E-state index in [-0.39, 0.29) is 11.8 Å². The molecule has 2 heterocycles. The van der Waals surface area contributed by atoms with Crippen LogP contribution in [0.1, 0.15) is 11.5 Å². The van der Waals surface area contributed by atoms with Gasteiger partial charge in [-0.05, 0) is 41.0 Å². The van der Waals surface area contributed by atoms with Crippen LogP contribution in [0.4, 0.5) is 0 Å². The quantitative estimate of drug-likeness (QED) is 0.738. The molecular weight excluding hydrogens is 375 g/mol. The Morgan fingerprint density at radius 1 is 0.846 bits per heavy atom. The van der Waals surface area contributed by atoms with Gasteiger partial charge in [0.2, 0.25) is 0 Å². The highest BCUT2D eigenvalue weighted by molar-refractivity contribution is 6.32. The standard InChI is InChI=1S/C19H16Cl2N2O3/c20-14-4-1-12(2-5-14)13-3-6-16(21)15(11-13)17-18(24)22-7-9-26-10-8-23(22)19(17)25/h1-6,11,17H,7-10H2. The van der Waals surface area contributed by atoms with Gasteiger partial charge in [-0.2, -0.15) is 0 Å². The Morgan fingerprint density at radius 3 is 2.04 bits per heavy atom. The zero-order valence-electron chi connectivity index (χ0n) is 13.8. The fraction of sp³-hybridized carbons (Fsp3) is 0.263. The second kappa shape index (κ2) is 6.91. The number of halogens is 2. The van der Waals surface area contributed by atoms with Crippen molar-refractivity contribution in [2.45, 2.75) is 5.92 Å². The maximum Gasteiger partial charge on any atom is 0.258 e. The molecule has 0 aliphatic carbocycles. The maximum atomic E-state index is 12.9. The molecule has 0 atom stereocenters. The fourth-order valence-electron chi connectivity index (χ4n) is 3.36. The first-order valence-electron chi connectivity index (χ1n) is 8.32. The lowest BCUT2D eigenvalue weighted by Crippen LogP contribution is -2.41. The van der Waals surface area contributed by atoms with Crippen LogP contribution in [0.2, 0.25) is 10.0 Å². The number of amides is 2. The van der Waals surface area contributed by atoms with Crippen LogP contribution in [-0.4, -0.2) is 48.1 Å². The first kappa shape index (κ1) is 17.3. The average Bonchev–Trinajstić information content (AvgIpc) is 2.82. The summed E-state index contributed by atoms with van der Waals surface area (Å²) in [6.07, 6.45) is 0. The van der Waals surface area contributed by atoms with Crippen molar-refractivity contribution in [1.82, 2.24) is 10.0 Å². The molecule has 7 heteroatoms. The molecule has 0 aromatic heterocycles. The monoisotopic (exact) mass is 390 g/mol. The molecule has 2 amide bonds. The van der Waals surface area contributed by atoms with Crippen LogP contribution in [-0.2, 0) is 14.3 Å². The smallest absolute Gasteiger partial charge is 0.258 e. The van der Waals surface area contributed by atoms with Gasteiger partial charge in [-0.3, -0.25) is 9.59 Å². The molecule has 2 aromatic carbocycles. The summed E-state index contributed by atoms with van der Waals surface area (Å²) in [4.78, 5) is 25.8. The molecule has 2 aromatic rings. The third kappa shape index (κ3) is 2.96. The predicted molar refractivity (Wildman–Crippen MR) is 98.9 cm³/mol. The van der Waals surface area contributed by atoms with E-state index < -0.39 is 5.92 Å². The Kier molecular flexibility index (Phi) is 4.61. The summed E-state index contributed by atoms with van der Waals surface area (Å²) < 4.78 is 5.35. The highest BCUT2D eigenvalue weighted by Crippen LogP contribution is 2.36. The molecule has 4 rings (SSSR count). The minimum absolute atomic E-state index is 0.254. The summed E-state index contributed by atoms with van der Waals surface area (Å²) in [5.74, 6) is -1.42. The number of rotatable bonds is 2. The highest BCUT2D eigenvalue weighted by Gasteiger charge is 2.47. The van der Waals surface area contributed by atoms with E-state index in [4.69, 9.17) is 27.9 Å². The minimum Gasteiger partial charge on any atom is -0.378 e. The van der Waals surface area contributed by atoms with Gasteiger partial charge in [0.1, 0.15) is 5.92 Å². The number of carbonyl (C=O) groups is 2. The van der Waals surface area contributed by atoms with Crippen LogP contribution in [0.3, 0.4) is 0 Å². The molecule has 2 fully saturated rings. The number of hydrogen-bond donors (Lipinski definition) is 0. The molecule has 0 spiro atoms. The van der Waals surface area contributed by atoms with Gasteiger partial charge < -0.3 is 4.74 Å². The zero-order chi connectivity index (χ0) is 18.3. The SMILES string of the molecule is O=C1C(c2cc(-c3ccc(Cl)cc3)ccc2Cl)C(=O)N2CCOCCN12. The summed E-state index contributed by atoms with van der Waals surface area (Å²) >= 11 is 12.3. The Hall–Kier alpha value is -2.08. The normalized spacial score (nSPS) is 18.2. The first-order chi connectivity index (χ1) is 12.6. The van der Waals surface area contributed by atoms with E-state index in [9.17, 15) is 9.59 Å². The number of nitrogens with zero attached hydrogens (tertiary/aromatic N) is 2. The van der Waals surface area contributed by atoms with E-state index in [1.54, 1.807) is 18.2 Å². The molecule has 134 valence electrons. The molecule has 5 nitrogen and oxygen atoms in total. The first-order valence-corrected chi connectivity index (χ1v) is 9.07. The molecule has 0 radical (unpaired) electrons. The third-order valence-corrected chi connectivity index (χ3v) is 5.27. The molecule has 2 saturated heterocycles. The molecule has 26 heavy (non-hydrogen) atoms. The van der Waals surface area contributed by atoms with E-state index >= 15 is 0 Å². The van der Waals surface area contributed by atoms with Crippen molar-refractivity contribution in [2.24, 2.45) is 0 Å². The topological polar surface area (TPSA) is 49.9 Å². The molecule has 0 unspecified atom stereocenters. The summed E-state index contributed by atoms with van der Waals surface area (Å²) in [5.41, 5.74) is 2.35. The Labute approximate surface area is 161 Å². The second-order valence-electron chi connectivity index (χ2n) is 6.21. The zero-order valence-corrected chi connectivity index (χ0v) is 15.3. The van der Waals surface area contributed by atoms with Crippen LogP contribution in [0, 0.1) is 0 Å². The van der Waals surface area contributed by atoms with Crippen LogP contribution in [0.5, 0.6) is 0 Å². The van der Waals surface area contributed by atoms with Crippen LogP contribution >= 0.6 is 23.2 Å². The Morgan fingerprint density at radius 2 is 1.42 bits per heavy atom. The molecule has 0 bridgehead atoms. The molecule has 0 saturated carbocycles. The third-order valence-electron chi connectivity index (χ3n) is 4.67. The number of hydrogen-bond acceptors (Lipinski definition) is 3. The lowest BCUT2D eigenvalue weighted by Gasteiger charge is -2.23. The second-order valence-corrected chi connectivity index (χ2v) is 7.05. The summed E-state index contributed by atoms with van der Waals surface area (Å²) in [6.45, 7) is 1.58. The van der Waals surface area contributed by atoms with Crippen LogP contribution in [0.15, 0.2) is 42.5 Å². The number of hydrazine groups is 1. The van der Waals surface area contributed by atoms with Crippen molar-refractivity contribution in [3.63, 3.8) is 0 Å². The van der Waals surface area contributed by atoms with E-state index in [0.717, 1.165) is 11.1 Å². The van der Waals surface area contributed by atoms with Crippen molar-refractivity contribution >= 4 is 35.0 Å². The summed E-state index contributed by atoms with van der Waals surface area (Å²) in [5, 5.41) is 4.01. The van der Waals surface area contributed by atoms with Crippen molar-refractivity contribution in [3.8, 4) is 11.1 Å². The number of carbonyl (C=O) groups excluding carboxylic acids is 2. The van der Waals surface area contributed by atoms with E-state index in [1.165, 1.54) is 10.0 Å². The Bertz CT molecular complexity index is 846. The van der Waals surface area contributed by atoms with Gasteiger partial charge in [0, 0.05) is 10.0 Å². The van der Waals surface area contributed by atoms with E-state index in [1.807, 2.05) is 24.3 Å². The van der Waals surface area contributed by atoms with Crippen LogP contribution < -0.4 is 0 Å². The van der Waals surface area contributed by atoms with Gasteiger partial charge in [-0.1, -0.05) is 41.4 Å². The number of fused-ring (bicyclic) bond motifs is 1. The van der Waals surface area contributed by atoms with Gasteiger partial charge in [-0.25, -0.2) is 10.0 Å². The van der Waals surface area contributed by atoms with Gasteiger partial charge in [-0.15, -0.1) is 0 Å². The minimum atomic E-state index is -0.909. The maximum absolute atomic E-state index is 12.9. The van der Waals surface area contributed by atoms with Crippen LogP contribution in [0.25, 0.3) is 11.1 Å². The van der Waals surface area contributed by atoms with Crippen molar-refractivity contribution in [2.75, 3.05) is 26.3 Å². The van der Waals surface area contributed by atoms with Gasteiger partial charge in [0.15, 0.2) is 0 Å². The lowest BCUT2D eigenvalue weighted by molar-refractivity contribution is -0.145. The summed E-state index contributed by atoms with van der Waals surface area (Å²) in [7, 11) is 0. The average molecular weight is 391 g/mol. The number of ether oxygens (including phenoxy) is 1. The summed E-state index contributed by atoms with van der Waals surface area (Å²) in [6, 6.07) is 12.8. The van der Waals surface area contributed by atoms with Crippen molar-refractivity contribution < 1.29 is 14.3 Å². The number of benzene rings is 2. The molecule has 0 N–H and O–H groups in total. The molecular formula is C19H16Cl2N2O3. The predicted octanol–water partition coefficient (Wildman–Crippen LogP) is 3.36. The Balaban J connectivity index is 1.73. The van der Waals surface area contributed by atoms with Crippen molar-refractivity contribution in [1.29, 1.82) is 0 Å². The fourth-order valence-corrected chi connectivity index (χ4v) is 3.71. The lowest BCUT2D eigenvalue weighted by atomic mass is 9.94. The van der Waals surface area contributed by atoms with Gasteiger partial charge in [0.05, 0.1) is 26.3 Å². The van der Waals surface area contributed by atoms with E-state index in [0.29, 0.717) is 41.9 Å². The van der Waals surface area contributed by atoms with Gasteiger partial charge in [0.25, 0.3) is 11.8 Å². The highest BCUT2D eigenvalue weighted by atomic mass is 35.5. The van der Waals surface area contributed by atoms with E-state index in [2.05, 4.69) is 0 Å². The largest absolute Gasteiger partial charge is 0.378 e. The molecule has 2 aliphatic rings. The van der Waals surface area contributed by atoms with Gasteiger partial charge >= 0.3 is 0 Å². The van der Waals surface area contributed by atoms with Crippen molar-refractivity contribution in [3.05, 3.63) is 58.1 Å². The molecule has 2 aliphatic heterocycles.